The van der Waals surface area contributed by atoms with Crippen molar-refractivity contribution in [3.8, 4) is 5.75 Å². The van der Waals surface area contributed by atoms with Crippen LogP contribution in [0.4, 0.5) is 17.1 Å². The number of nitrogens with zero attached hydrogens (tertiary/aromatic N) is 1. The monoisotopic (exact) mass is 295 g/mol. The van der Waals surface area contributed by atoms with Gasteiger partial charge in [-0.3, -0.25) is 19.7 Å². The lowest BCUT2D eigenvalue weighted by Crippen LogP contribution is -2.25. The van der Waals surface area contributed by atoms with Crippen LogP contribution in [-0.4, -0.2) is 35.1 Å². The highest BCUT2D eigenvalue weighted by atomic mass is 16.6. The van der Waals surface area contributed by atoms with E-state index in [1.54, 1.807) is 0 Å². The average Bonchev–Trinajstić information content (AvgIpc) is 2.42. The number of anilines is 2. The third kappa shape index (κ3) is 3.59. The molecule has 0 bridgehead atoms. The van der Waals surface area contributed by atoms with Crippen molar-refractivity contribution in [3.05, 3.63) is 22.2 Å². The van der Waals surface area contributed by atoms with Gasteiger partial charge in [0.25, 0.3) is 11.6 Å². The van der Waals surface area contributed by atoms with Crippen LogP contribution in [0.1, 0.15) is 12.8 Å². The summed E-state index contributed by atoms with van der Waals surface area (Å²) in [6.07, 6.45) is 0.290. The van der Waals surface area contributed by atoms with Crippen molar-refractivity contribution in [3.63, 3.8) is 0 Å². The maximum atomic E-state index is 11.2. The SMILES string of the molecule is O=C(O)CCCNc1cc2c(cc1[N+](=O)[O-])OCC(=O)N2. The summed E-state index contributed by atoms with van der Waals surface area (Å²) >= 11 is 0. The first-order valence-electron chi connectivity index (χ1n) is 6.18. The molecule has 9 nitrogen and oxygen atoms in total. The smallest absolute Gasteiger partial charge is 0.303 e. The number of aliphatic carboxylic acids is 1. The molecule has 0 aliphatic carbocycles. The van der Waals surface area contributed by atoms with Crippen LogP contribution < -0.4 is 15.4 Å². The number of carboxylic acids is 1. The maximum Gasteiger partial charge on any atom is 0.303 e. The van der Waals surface area contributed by atoms with Gasteiger partial charge in [0.2, 0.25) is 0 Å². The molecule has 0 radical (unpaired) electrons. The maximum absolute atomic E-state index is 11.2. The number of benzene rings is 1. The molecule has 0 spiro atoms. The molecule has 21 heavy (non-hydrogen) atoms. The average molecular weight is 295 g/mol. The Kier molecular flexibility index (Phi) is 4.21. The normalized spacial score (nSPS) is 12.9. The van der Waals surface area contributed by atoms with Gasteiger partial charge in [0, 0.05) is 13.0 Å². The van der Waals surface area contributed by atoms with E-state index >= 15 is 0 Å². The van der Waals surface area contributed by atoms with E-state index in [1.165, 1.54) is 12.1 Å². The lowest BCUT2D eigenvalue weighted by atomic mass is 10.2. The molecular weight excluding hydrogens is 282 g/mol. The number of carboxylic acid groups (broad SMARTS) is 1. The van der Waals surface area contributed by atoms with E-state index in [4.69, 9.17) is 9.84 Å². The molecule has 1 aromatic carbocycles. The van der Waals surface area contributed by atoms with E-state index in [-0.39, 0.29) is 42.6 Å². The topological polar surface area (TPSA) is 131 Å². The predicted octanol–water partition coefficient (Wildman–Crippen LogP) is 1.20. The zero-order valence-electron chi connectivity index (χ0n) is 10.9. The van der Waals surface area contributed by atoms with Crippen molar-refractivity contribution < 1.29 is 24.4 Å². The van der Waals surface area contributed by atoms with Crippen molar-refractivity contribution in [2.75, 3.05) is 23.8 Å². The van der Waals surface area contributed by atoms with Crippen LogP contribution in [0.25, 0.3) is 0 Å². The minimum Gasteiger partial charge on any atom is -0.481 e. The molecule has 112 valence electrons. The highest BCUT2D eigenvalue weighted by Crippen LogP contribution is 2.37. The van der Waals surface area contributed by atoms with Gasteiger partial charge in [-0.15, -0.1) is 0 Å². The largest absolute Gasteiger partial charge is 0.481 e. The zero-order chi connectivity index (χ0) is 15.4. The number of amides is 1. The van der Waals surface area contributed by atoms with E-state index in [0.717, 1.165) is 0 Å². The van der Waals surface area contributed by atoms with Crippen molar-refractivity contribution in [1.82, 2.24) is 0 Å². The van der Waals surface area contributed by atoms with E-state index in [0.29, 0.717) is 12.1 Å². The fourth-order valence-corrected chi connectivity index (χ4v) is 1.87. The Morgan fingerprint density at radius 3 is 2.95 bits per heavy atom. The number of carbonyl (C=O) groups is 2. The van der Waals surface area contributed by atoms with Crippen LogP contribution >= 0.6 is 0 Å². The Hall–Kier alpha value is -2.84. The van der Waals surface area contributed by atoms with Crippen molar-refractivity contribution >= 4 is 28.9 Å². The molecular formula is C12H13N3O6. The number of hydrogen-bond donors (Lipinski definition) is 3. The number of nitro groups is 1. The molecule has 0 saturated heterocycles. The predicted molar refractivity (Wildman–Crippen MR) is 72.6 cm³/mol. The van der Waals surface area contributed by atoms with E-state index < -0.39 is 10.9 Å². The molecule has 1 aliphatic heterocycles. The van der Waals surface area contributed by atoms with Gasteiger partial charge >= 0.3 is 5.97 Å². The standard InChI is InChI=1S/C12H13N3O6/c16-11-6-21-10-5-9(15(19)20)7(4-8(10)14-11)13-3-1-2-12(17)18/h4-5,13H,1-3,6H2,(H,14,16)(H,17,18). The van der Waals surface area contributed by atoms with Gasteiger partial charge in [-0.25, -0.2) is 0 Å². The van der Waals surface area contributed by atoms with Gasteiger partial charge in [0.15, 0.2) is 12.4 Å². The van der Waals surface area contributed by atoms with Crippen LogP contribution in [0.5, 0.6) is 5.75 Å². The highest BCUT2D eigenvalue weighted by molar-refractivity contribution is 5.96. The second-order valence-electron chi connectivity index (χ2n) is 4.38. The van der Waals surface area contributed by atoms with Gasteiger partial charge < -0.3 is 20.5 Å². The summed E-state index contributed by atoms with van der Waals surface area (Å²) in [5, 5.41) is 24.9. The van der Waals surface area contributed by atoms with Gasteiger partial charge in [-0.1, -0.05) is 0 Å². The molecule has 9 heteroatoms. The first kappa shape index (κ1) is 14.6. The number of hydrogen-bond acceptors (Lipinski definition) is 6. The fourth-order valence-electron chi connectivity index (χ4n) is 1.87. The Labute approximate surface area is 119 Å². The van der Waals surface area contributed by atoms with E-state index in [9.17, 15) is 19.7 Å². The summed E-state index contributed by atoms with van der Waals surface area (Å²) in [7, 11) is 0. The Morgan fingerprint density at radius 2 is 2.29 bits per heavy atom. The third-order valence-electron chi connectivity index (χ3n) is 2.81. The number of carbonyl (C=O) groups excluding carboxylic acids is 1. The first-order valence-corrected chi connectivity index (χ1v) is 6.18. The van der Waals surface area contributed by atoms with Crippen LogP contribution in [0.2, 0.25) is 0 Å². The second-order valence-corrected chi connectivity index (χ2v) is 4.38. The van der Waals surface area contributed by atoms with Crippen molar-refractivity contribution in [1.29, 1.82) is 0 Å². The van der Waals surface area contributed by atoms with Gasteiger partial charge in [0.05, 0.1) is 16.7 Å². The van der Waals surface area contributed by atoms with Gasteiger partial charge in [-0.2, -0.15) is 0 Å². The summed E-state index contributed by atoms with van der Waals surface area (Å²) in [5.74, 6) is -1.04. The minimum absolute atomic E-state index is 0.0361. The summed E-state index contributed by atoms with van der Waals surface area (Å²) in [6, 6.07) is 2.64. The molecule has 3 N–H and O–H groups in total. The Bertz CT molecular complexity index is 601. The van der Waals surface area contributed by atoms with Gasteiger partial charge in [0.1, 0.15) is 5.69 Å². The van der Waals surface area contributed by atoms with Crippen molar-refractivity contribution in [2.24, 2.45) is 0 Å². The molecule has 0 fully saturated rings. The molecule has 0 saturated carbocycles. The van der Waals surface area contributed by atoms with Crippen LogP contribution in [0, 0.1) is 10.1 Å². The molecule has 1 amide bonds. The minimum atomic E-state index is -0.933. The van der Waals surface area contributed by atoms with Crippen molar-refractivity contribution in [2.45, 2.75) is 12.8 Å². The van der Waals surface area contributed by atoms with Gasteiger partial charge in [-0.05, 0) is 12.5 Å². The van der Waals surface area contributed by atoms with Crippen LogP contribution in [-0.2, 0) is 9.59 Å². The molecule has 0 atom stereocenters. The van der Waals surface area contributed by atoms with E-state index in [2.05, 4.69) is 10.6 Å². The molecule has 1 heterocycles. The summed E-state index contributed by atoms with van der Waals surface area (Å²) in [6.45, 7) is 0.0796. The molecule has 2 rings (SSSR count). The Morgan fingerprint density at radius 1 is 1.52 bits per heavy atom. The summed E-state index contributed by atoms with van der Waals surface area (Å²) in [5.41, 5.74) is 0.354. The molecule has 0 aromatic heterocycles. The molecule has 0 unspecified atom stereocenters. The number of nitrogens with one attached hydrogen (secondary N) is 2. The van der Waals surface area contributed by atoms with E-state index in [1.807, 2.05) is 0 Å². The lowest BCUT2D eigenvalue weighted by molar-refractivity contribution is -0.384. The Balaban J connectivity index is 2.17. The lowest BCUT2D eigenvalue weighted by Gasteiger charge is -2.19. The third-order valence-corrected chi connectivity index (χ3v) is 2.81. The first-order chi connectivity index (χ1) is 9.97. The fraction of sp³-hybridized carbons (Fsp3) is 0.333. The zero-order valence-corrected chi connectivity index (χ0v) is 10.9. The van der Waals surface area contributed by atoms with Crippen LogP contribution in [0.3, 0.4) is 0 Å². The number of rotatable bonds is 6. The van der Waals surface area contributed by atoms with Crippen LogP contribution in [0.15, 0.2) is 12.1 Å². The molecule has 1 aromatic rings. The summed E-state index contributed by atoms with van der Waals surface area (Å²) in [4.78, 5) is 32.1. The second kappa shape index (κ2) is 6.07. The number of fused-ring (bicyclic) bond motifs is 1. The quantitative estimate of drug-likeness (QED) is 0.408. The highest BCUT2D eigenvalue weighted by Gasteiger charge is 2.23. The molecule has 1 aliphatic rings. The number of ether oxygens (including phenoxy) is 1. The summed E-state index contributed by atoms with van der Waals surface area (Å²) < 4.78 is 5.12. The number of nitro benzene ring substituents is 1.